The molecule has 1 heterocycles. The third-order valence-corrected chi connectivity index (χ3v) is 2.79. The lowest BCUT2D eigenvalue weighted by molar-refractivity contribution is 0.312. The van der Waals surface area contributed by atoms with Gasteiger partial charge in [0.2, 0.25) is 11.2 Å². The van der Waals surface area contributed by atoms with E-state index in [-0.39, 0.29) is 11.3 Å². The largest absolute Gasteiger partial charge is 0.464 e. The molecular weight excluding hydrogens is 240 g/mol. The van der Waals surface area contributed by atoms with Gasteiger partial charge in [0.25, 0.3) is 0 Å². The number of hydrogen-bond acceptors (Lipinski definition) is 5. The lowest BCUT2D eigenvalue weighted by Gasteiger charge is -2.13. The van der Waals surface area contributed by atoms with Gasteiger partial charge in [-0.25, -0.2) is 0 Å². The van der Waals surface area contributed by atoms with Gasteiger partial charge in [0.05, 0.1) is 6.61 Å². The first-order valence-electron chi connectivity index (χ1n) is 5.98. The number of anilines is 1. The Labute approximate surface area is 106 Å². The summed E-state index contributed by atoms with van der Waals surface area (Å²) in [6.45, 7) is 4.51. The summed E-state index contributed by atoms with van der Waals surface area (Å²) < 4.78 is 5.22. The first-order chi connectivity index (χ1) is 8.17. The van der Waals surface area contributed by atoms with E-state index in [0.717, 1.165) is 12.3 Å². The molecule has 1 unspecified atom stereocenters. The Bertz CT molecular complexity index is 384. The van der Waals surface area contributed by atoms with E-state index in [1.54, 1.807) is 0 Å². The molecular formula is C11H17ClN4O. The van der Waals surface area contributed by atoms with Crippen LogP contribution in [0.3, 0.4) is 0 Å². The summed E-state index contributed by atoms with van der Waals surface area (Å²) in [5.74, 6) is 1.35. The molecule has 0 spiro atoms. The van der Waals surface area contributed by atoms with Crippen LogP contribution in [0, 0.1) is 5.92 Å². The number of nitrogens with zero attached hydrogens (tertiary/aromatic N) is 3. The van der Waals surface area contributed by atoms with Crippen LogP contribution in [0.4, 0.5) is 5.95 Å². The van der Waals surface area contributed by atoms with Crippen molar-refractivity contribution < 1.29 is 4.74 Å². The predicted molar refractivity (Wildman–Crippen MR) is 66.4 cm³/mol. The Hall–Kier alpha value is -1.10. The molecule has 1 aromatic rings. The highest BCUT2D eigenvalue weighted by molar-refractivity contribution is 6.28. The molecule has 0 aromatic carbocycles. The predicted octanol–water partition coefficient (Wildman–Crippen LogP) is 2.52. The van der Waals surface area contributed by atoms with Gasteiger partial charge in [-0.1, -0.05) is 12.8 Å². The van der Waals surface area contributed by atoms with Gasteiger partial charge in [-0.3, -0.25) is 0 Å². The fourth-order valence-corrected chi connectivity index (χ4v) is 1.88. The molecule has 1 saturated carbocycles. The van der Waals surface area contributed by atoms with Crippen LogP contribution in [0.15, 0.2) is 0 Å². The van der Waals surface area contributed by atoms with Crippen molar-refractivity contribution in [3.63, 3.8) is 0 Å². The maximum absolute atomic E-state index is 5.81. The average molecular weight is 257 g/mol. The van der Waals surface area contributed by atoms with E-state index in [4.69, 9.17) is 16.3 Å². The molecule has 1 aromatic heterocycles. The van der Waals surface area contributed by atoms with Crippen molar-refractivity contribution >= 4 is 17.5 Å². The Morgan fingerprint density at radius 2 is 2.18 bits per heavy atom. The van der Waals surface area contributed by atoms with Crippen molar-refractivity contribution in [2.24, 2.45) is 5.92 Å². The Kier molecular flexibility index (Phi) is 3.99. The highest BCUT2D eigenvalue weighted by Crippen LogP contribution is 2.33. The monoisotopic (exact) mass is 256 g/mol. The molecule has 2 rings (SSSR count). The number of nitrogens with one attached hydrogen (secondary N) is 1. The zero-order valence-corrected chi connectivity index (χ0v) is 10.9. The number of aromatic nitrogens is 3. The van der Waals surface area contributed by atoms with Gasteiger partial charge in [0.1, 0.15) is 0 Å². The van der Waals surface area contributed by atoms with Crippen molar-refractivity contribution in [3.8, 4) is 6.01 Å². The van der Waals surface area contributed by atoms with Crippen LogP contribution in [0.2, 0.25) is 5.28 Å². The molecule has 0 aliphatic heterocycles. The molecule has 94 valence electrons. The van der Waals surface area contributed by atoms with Crippen LogP contribution >= 0.6 is 11.6 Å². The summed E-state index contributed by atoms with van der Waals surface area (Å²) in [6, 6.07) is 0.615. The quantitative estimate of drug-likeness (QED) is 0.848. The number of ether oxygens (including phenoxy) is 1. The first-order valence-corrected chi connectivity index (χ1v) is 6.36. The molecule has 1 aliphatic rings. The van der Waals surface area contributed by atoms with Crippen LogP contribution in [-0.4, -0.2) is 27.6 Å². The highest BCUT2D eigenvalue weighted by atomic mass is 35.5. The third kappa shape index (κ3) is 4.00. The summed E-state index contributed by atoms with van der Waals surface area (Å²) in [5, 5.41) is 3.38. The minimum Gasteiger partial charge on any atom is -0.464 e. The van der Waals surface area contributed by atoms with Crippen LogP contribution in [0.25, 0.3) is 0 Å². The summed E-state index contributed by atoms with van der Waals surface area (Å²) in [4.78, 5) is 12.1. The maximum Gasteiger partial charge on any atom is 0.322 e. The third-order valence-electron chi connectivity index (χ3n) is 2.62. The van der Waals surface area contributed by atoms with Gasteiger partial charge in [0, 0.05) is 6.04 Å². The van der Waals surface area contributed by atoms with E-state index in [0.29, 0.717) is 18.6 Å². The lowest BCUT2D eigenvalue weighted by atomic mass is 10.2. The van der Waals surface area contributed by atoms with Gasteiger partial charge >= 0.3 is 6.01 Å². The highest BCUT2D eigenvalue weighted by Gasteiger charge is 2.23. The Morgan fingerprint density at radius 1 is 1.41 bits per heavy atom. The van der Waals surface area contributed by atoms with Gasteiger partial charge in [-0.15, -0.1) is 0 Å². The van der Waals surface area contributed by atoms with Crippen molar-refractivity contribution in [1.82, 2.24) is 15.0 Å². The summed E-state index contributed by atoms with van der Waals surface area (Å²) in [5.41, 5.74) is 0. The molecule has 0 bridgehead atoms. The van der Waals surface area contributed by atoms with E-state index >= 15 is 0 Å². The molecule has 5 nitrogen and oxygen atoms in total. The van der Waals surface area contributed by atoms with Gasteiger partial charge < -0.3 is 10.1 Å². The van der Waals surface area contributed by atoms with Crippen LogP contribution in [0.1, 0.15) is 33.1 Å². The molecule has 1 aliphatic carbocycles. The topological polar surface area (TPSA) is 59.9 Å². The number of halogens is 1. The van der Waals surface area contributed by atoms with E-state index < -0.39 is 0 Å². The molecule has 6 heteroatoms. The number of rotatable bonds is 6. The Balaban J connectivity index is 1.97. The van der Waals surface area contributed by atoms with Gasteiger partial charge in [-0.2, -0.15) is 15.0 Å². The summed E-state index contributed by atoms with van der Waals surface area (Å²) in [6.07, 6.45) is 3.83. The minimum absolute atomic E-state index is 0.157. The van der Waals surface area contributed by atoms with Crippen molar-refractivity contribution in [2.75, 3.05) is 11.9 Å². The molecule has 1 N–H and O–H groups in total. The van der Waals surface area contributed by atoms with E-state index in [2.05, 4.69) is 27.2 Å². The number of hydrogen-bond donors (Lipinski definition) is 1. The van der Waals surface area contributed by atoms with Crippen LogP contribution in [0.5, 0.6) is 6.01 Å². The SMILES string of the molecule is CCOc1nc(Cl)nc(NC(C)CC2CC2)n1. The normalized spacial score (nSPS) is 16.6. The smallest absolute Gasteiger partial charge is 0.322 e. The van der Waals surface area contributed by atoms with Crippen molar-refractivity contribution in [2.45, 2.75) is 39.2 Å². The first kappa shape index (κ1) is 12.4. The molecule has 0 saturated heterocycles. The second-order valence-corrected chi connectivity index (χ2v) is 4.71. The second kappa shape index (κ2) is 5.49. The second-order valence-electron chi connectivity index (χ2n) is 4.37. The lowest BCUT2D eigenvalue weighted by Crippen LogP contribution is -2.18. The zero-order valence-electron chi connectivity index (χ0n) is 10.1. The van der Waals surface area contributed by atoms with Crippen LogP contribution in [-0.2, 0) is 0 Å². The minimum atomic E-state index is 0.157. The van der Waals surface area contributed by atoms with E-state index in [1.165, 1.54) is 12.8 Å². The molecule has 17 heavy (non-hydrogen) atoms. The van der Waals surface area contributed by atoms with Crippen molar-refractivity contribution in [1.29, 1.82) is 0 Å². The average Bonchev–Trinajstić information content (AvgIpc) is 3.00. The van der Waals surface area contributed by atoms with Gasteiger partial charge in [0.15, 0.2) is 0 Å². The van der Waals surface area contributed by atoms with E-state index in [9.17, 15) is 0 Å². The maximum atomic E-state index is 5.81. The van der Waals surface area contributed by atoms with Crippen molar-refractivity contribution in [3.05, 3.63) is 5.28 Å². The molecule has 1 atom stereocenters. The van der Waals surface area contributed by atoms with Crippen LogP contribution < -0.4 is 10.1 Å². The molecule has 0 amide bonds. The summed E-state index contributed by atoms with van der Waals surface area (Å²) in [7, 11) is 0. The van der Waals surface area contributed by atoms with Gasteiger partial charge in [-0.05, 0) is 37.8 Å². The standard InChI is InChI=1S/C11H17ClN4O/c1-3-17-11-15-9(12)14-10(16-11)13-7(2)6-8-4-5-8/h7-8H,3-6H2,1-2H3,(H,13,14,15,16). The molecule has 0 radical (unpaired) electrons. The summed E-state index contributed by atoms with van der Waals surface area (Å²) >= 11 is 5.81. The zero-order chi connectivity index (χ0) is 12.3. The Morgan fingerprint density at radius 3 is 2.82 bits per heavy atom. The fourth-order valence-electron chi connectivity index (χ4n) is 1.72. The molecule has 1 fully saturated rings. The fraction of sp³-hybridized carbons (Fsp3) is 0.727. The van der Waals surface area contributed by atoms with E-state index in [1.807, 2.05) is 6.92 Å².